The lowest BCUT2D eigenvalue weighted by atomic mass is 10.1. The van der Waals surface area contributed by atoms with Crippen molar-refractivity contribution in [3.63, 3.8) is 0 Å². The van der Waals surface area contributed by atoms with Gasteiger partial charge in [0.1, 0.15) is 5.82 Å². The molecule has 0 saturated heterocycles. The molecule has 2 aromatic rings. The van der Waals surface area contributed by atoms with Crippen molar-refractivity contribution in [3.8, 4) is 0 Å². The van der Waals surface area contributed by atoms with Gasteiger partial charge < -0.3 is 10.2 Å². The SMILES string of the molecule is CCCOCc1cc(F)ccc1CNNc1ccccc1. The first-order chi connectivity index (χ1) is 10.3. The minimum absolute atomic E-state index is 0.232. The summed E-state index contributed by atoms with van der Waals surface area (Å²) >= 11 is 0. The average Bonchev–Trinajstić information content (AvgIpc) is 2.51. The van der Waals surface area contributed by atoms with E-state index >= 15 is 0 Å². The van der Waals surface area contributed by atoms with Crippen LogP contribution in [0.2, 0.25) is 0 Å². The number of anilines is 1. The molecule has 4 heteroatoms. The molecule has 3 nitrogen and oxygen atoms in total. The van der Waals surface area contributed by atoms with E-state index in [1.54, 1.807) is 6.07 Å². The number of nitrogens with one attached hydrogen (secondary N) is 2. The Morgan fingerprint density at radius 1 is 1.05 bits per heavy atom. The van der Waals surface area contributed by atoms with Gasteiger partial charge in [0.05, 0.1) is 6.61 Å². The number of hydrogen-bond acceptors (Lipinski definition) is 3. The molecular formula is C17H21FN2O. The summed E-state index contributed by atoms with van der Waals surface area (Å²) in [6.07, 6.45) is 0.957. The predicted molar refractivity (Wildman–Crippen MR) is 83.3 cm³/mol. The zero-order chi connectivity index (χ0) is 14.9. The summed E-state index contributed by atoms with van der Waals surface area (Å²) in [4.78, 5) is 0. The van der Waals surface area contributed by atoms with E-state index in [0.29, 0.717) is 19.8 Å². The molecule has 0 atom stereocenters. The van der Waals surface area contributed by atoms with Crippen LogP contribution in [0.5, 0.6) is 0 Å². The molecule has 0 radical (unpaired) electrons. The maximum Gasteiger partial charge on any atom is 0.123 e. The summed E-state index contributed by atoms with van der Waals surface area (Å²) in [6.45, 7) is 3.78. The number of halogens is 1. The molecule has 0 aromatic heterocycles. The summed E-state index contributed by atoms with van der Waals surface area (Å²) in [5, 5.41) is 0. The minimum atomic E-state index is -0.232. The van der Waals surface area contributed by atoms with E-state index in [1.165, 1.54) is 12.1 Å². The first kappa shape index (κ1) is 15.5. The molecule has 0 heterocycles. The molecule has 0 aliphatic rings. The van der Waals surface area contributed by atoms with Crippen molar-refractivity contribution in [2.24, 2.45) is 0 Å². The Balaban J connectivity index is 1.92. The van der Waals surface area contributed by atoms with E-state index in [0.717, 1.165) is 23.2 Å². The van der Waals surface area contributed by atoms with Crippen molar-refractivity contribution in [2.75, 3.05) is 12.0 Å². The summed E-state index contributed by atoms with van der Waals surface area (Å²) in [5.41, 5.74) is 9.15. The van der Waals surface area contributed by atoms with Crippen LogP contribution in [0, 0.1) is 5.82 Å². The lowest BCUT2D eigenvalue weighted by Gasteiger charge is -2.12. The normalized spacial score (nSPS) is 10.6. The molecule has 0 spiro atoms. The highest BCUT2D eigenvalue weighted by Gasteiger charge is 2.04. The summed E-state index contributed by atoms with van der Waals surface area (Å²) in [7, 11) is 0. The van der Waals surface area contributed by atoms with Gasteiger partial charge in [-0.15, -0.1) is 0 Å². The van der Waals surface area contributed by atoms with Gasteiger partial charge >= 0.3 is 0 Å². The number of rotatable bonds is 8. The molecule has 0 unspecified atom stereocenters. The third-order valence-corrected chi connectivity index (χ3v) is 3.06. The number of para-hydroxylation sites is 1. The quantitative estimate of drug-likeness (QED) is 0.571. The third kappa shape index (κ3) is 5.17. The Kier molecular flexibility index (Phi) is 6.19. The second-order valence-corrected chi connectivity index (χ2v) is 4.81. The first-order valence-corrected chi connectivity index (χ1v) is 7.18. The molecule has 2 N–H and O–H groups in total. The van der Waals surface area contributed by atoms with E-state index in [4.69, 9.17) is 4.74 Å². The lowest BCUT2D eigenvalue weighted by molar-refractivity contribution is 0.120. The van der Waals surface area contributed by atoms with Crippen LogP contribution in [0.25, 0.3) is 0 Å². The largest absolute Gasteiger partial charge is 0.377 e. The van der Waals surface area contributed by atoms with E-state index in [1.807, 2.05) is 30.3 Å². The monoisotopic (exact) mass is 288 g/mol. The second-order valence-electron chi connectivity index (χ2n) is 4.81. The fraction of sp³-hybridized carbons (Fsp3) is 0.294. The van der Waals surface area contributed by atoms with Gasteiger partial charge in [0.15, 0.2) is 0 Å². The summed E-state index contributed by atoms with van der Waals surface area (Å²) < 4.78 is 18.9. The third-order valence-electron chi connectivity index (χ3n) is 3.06. The maximum atomic E-state index is 13.4. The van der Waals surface area contributed by atoms with Crippen LogP contribution in [-0.2, 0) is 17.9 Å². The van der Waals surface area contributed by atoms with Crippen LogP contribution >= 0.6 is 0 Å². The Hall–Kier alpha value is -1.91. The summed E-state index contributed by atoms with van der Waals surface area (Å²) in [6, 6.07) is 14.6. The predicted octanol–water partition coefficient (Wildman–Crippen LogP) is 3.87. The molecule has 0 bridgehead atoms. The smallest absolute Gasteiger partial charge is 0.123 e. The molecule has 2 aromatic carbocycles. The first-order valence-electron chi connectivity index (χ1n) is 7.18. The van der Waals surface area contributed by atoms with E-state index < -0.39 is 0 Å². The second kappa shape index (κ2) is 8.39. The lowest BCUT2D eigenvalue weighted by Crippen LogP contribution is -2.21. The fourth-order valence-corrected chi connectivity index (χ4v) is 1.99. The average molecular weight is 288 g/mol. The molecule has 0 aliphatic carbocycles. The van der Waals surface area contributed by atoms with E-state index in [-0.39, 0.29) is 5.82 Å². The van der Waals surface area contributed by atoms with Crippen LogP contribution < -0.4 is 10.9 Å². The highest BCUT2D eigenvalue weighted by Crippen LogP contribution is 2.13. The Morgan fingerprint density at radius 2 is 1.86 bits per heavy atom. The maximum absolute atomic E-state index is 13.4. The molecule has 0 aliphatic heterocycles. The van der Waals surface area contributed by atoms with Gasteiger partial charge in [-0.2, -0.15) is 0 Å². The van der Waals surface area contributed by atoms with Gasteiger partial charge in [0.25, 0.3) is 0 Å². The van der Waals surface area contributed by atoms with Crippen molar-refractivity contribution in [2.45, 2.75) is 26.5 Å². The molecule has 0 saturated carbocycles. The van der Waals surface area contributed by atoms with Crippen molar-refractivity contribution in [1.82, 2.24) is 5.43 Å². The van der Waals surface area contributed by atoms with Crippen LogP contribution in [0.1, 0.15) is 24.5 Å². The van der Waals surface area contributed by atoms with Crippen LogP contribution in [0.15, 0.2) is 48.5 Å². The Labute approximate surface area is 125 Å². The number of hydrogen-bond donors (Lipinski definition) is 2. The Bertz CT molecular complexity index is 546. The minimum Gasteiger partial charge on any atom is -0.377 e. The van der Waals surface area contributed by atoms with Gasteiger partial charge in [-0.05, 0) is 41.8 Å². The highest BCUT2D eigenvalue weighted by atomic mass is 19.1. The number of hydrazine groups is 1. The zero-order valence-corrected chi connectivity index (χ0v) is 12.2. The van der Waals surface area contributed by atoms with E-state index in [2.05, 4.69) is 17.8 Å². The van der Waals surface area contributed by atoms with Crippen LogP contribution in [-0.4, -0.2) is 6.61 Å². The van der Waals surface area contributed by atoms with Crippen molar-refractivity contribution in [1.29, 1.82) is 0 Å². The Morgan fingerprint density at radius 3 is 2.62 bits per heavy atom. The number of ether oxygens (including phenoxy) is 1. The molecule has 0 amide bonds. The van der Waals surface area contributed by atoms with Gasteiger partial charge in [-0.25, -0.2) is 9.82 Å². The zero-order valence-electron chi connectivity index (χ0n) is 12.2. The van der Waals surface area contributed by atoms with Gasteiger partial charge in [-0.3, -0.25) is 0 Å². The van der Waals surface area contributed by atoms with Crippen molar-refractivity contribution >= 4 is 5.69 Å². The van der Waals surface area contributed by atoms with E-state index in [9.17, 15) is 4.39 Å². The van der Waals surface area contributed by atoms with Gasteiger partial charge in [-0.1, -0.05) is 31.2 Å². The van der Waals surface area contributed by atoms with Gasteiger partial charge in [0, 0.05) is 18.8 Å². The topological polar surface area (TPSA) is 33.3 Å². The van der Waals surface area contributed by atoms with Crippen LogP contribution in [0.3, 0.4) is 0 Å². The van der Waals surface area contributed by atoms with Crippen molar-refractivity contribution in [3.05, 3.63) is 65.5 Å². The molecule has 2 rings (SSSR count). The number of benzene rings is 2. The van der Waals surface area contributed by atoms with Gasteiger partial charge in [0.2, 0.25) is 0 Å². The van der Waals surface area contributed by atoms with Crippen LogP contribution in [0.4, 0.5) is 10.1 Å². The molecule has 112 valence electrons. The summed E-state index contributed by atoms with van der Waals surface area (Å²) in [5.74, 6) is -0.232. The van der Waals surface area contributed by atoms with Crippen molar-refractivity contribution < 1.29 is 9.13 Å². The molecule has 0 fully saturated rings. The molecule has 21 heavy (non-hydrogen) atoms. The standard InChI is InChI=1S/C17H21FN2O/c1-2-10-21-13-15-11-16(18)9-8-14(15)12-19-20-17-6-4-3-5-7-17/h3-9,11,19-20H,2,10,12-13H2,1H3. The molecular weight excluding hydrogens is 267 g/mol. The fourth-order valence-electron chi connectivity index (χ4n) is 1.99. The highest BCUT2D eigenvalue weighted by molar-refractivity contribution is 5.41.